The number of aromatic nitrogens is 3. The average molecular weight is 394 g/mol. The number of hydrogen-bond donors (Lipinski definition) is 2. The topological polar surface area (TPSA) is 93.8 Å². The van der Waals surface area contributed by atoms with Crippen molar-refractivity contribution in [1.82, 2.24) is 15.0 Å². The minimum atomic E-state index is -0.443. The van der Waals surface area contributed by atoms with Crippen molar-refractivity contribution >= 4 is 11.9 Å². The first-order valence-corrected chi connectivity index (χ1v) is 10.8. The molecule has 3 N–H and O–H groups in total. The molecule has 1 amide bonds. The zero-order chi connectivity index (χ0) is 20.4. The Bertz CT molecular complexity index is 883. The Hall–Kier alpha value is -2.50. The largest absolute Gasteiger partial charge is 0.365 e. The lowest BCUT2D eigenvalue weighted by Crippen LogP contribution is -2.29. The standard InChI is InChI=1S/C23H31N5O/c1-14-5-6-16(10-15(14)2)11-21-19(22(24)29)13-26-23(28-21)27-18-7-8-20-17(12-18)4-3-9-25-20/h3-4,9,13-16,18H,5-8,10-12H2,1-2H3,(H2,24,29)(H,26,27,28)/t14-,15-,16-,18-/m1/s1. The summed E-state index contributed by atoms with van der Waals surface area (Å²) in [5.41, 5.74) is 9.34. The van der Waals surface area contributed by atoms with Crippen molar-refractivity contribution in [2.75, 3.05) is 5.32 Å². The van der Waals surface area contributed by atoms with Crippen molar-refractivity contribution in [3.63, 3.8) is 0 Å². The SMILES string of the molecule is C[C@@H]1CC[C@@H](Cc2nc(N[C@@H]3CCc4ncccc4C3)ncc2C(N)=O)C[C@H]1C. The van der Waals surface area contributed by atoms with Crippen molar-refractivity contribution in [2.24, 2.45) is 23.5 Å². The fourth-order valence-corrected chi connectivity index (χ4v) is 4.83. The van der Waals surface area contributed by atoms with Crippen LogP contribution in [0.5, 0.6) is 0 Å². The van der Waals surface area contributed by atoms with Gasteiger partial charge in [0.15, 0.2) is 0 Å². The summed E-state index contributed by atoms with van der Waals surface area (Å²) in [6.07, 6.45) is 10.7. The molecule has 6 nitrogen and oxygen atoms in total. The van der Waals surface area contributed by atoms with Gasteiger partial charge in [-0.1, -0.05) is 26.3 Å². The number of pyridine rings is 1. The van der Waals surface area contributed by atoms with Gasteiger partial charge in [0, 0.05) is 24.1 Å². The zero-order valence-electron chi connectivity index (χ0n) is 17.4. The molecule has 29 heavy (non-hydrogen) atoms. The van der Waals surface area contributed by atoms with Crippen LogP contribution in [0.1, 0.15) is 66.8 Å². The number of fused-ring (bicyclic) bond motifs is 1. The molecule has 2 aromatic rings. The molecule has 2 aliphatic rings. The lowest BCUT2D eigenvalue weighted by atomic mass is 9.74. The van der Waals surface area contributed by atoms with Crippen LogP contribution in [0.25, 0.3) is 0 Å². The summed E-state index contributed by atoms with van der Waals surface area (Å²) in [5, 5.41) is 3.48. The summed E-state index contributed by atoms with van der Waals surface area (Å²) >= 11 is 0. The van der Waals surface area contributed by atoms with Crippen molar-refractivity contribution in [3.8, 4) is 0 Å². The molecule has 2 heterocycles. The number of primary amides is 1. The first kappa shape index (κ1) is 19.8. The Labute approximate surface area is 172 Å². The van der Waals surface area contributed by atoms with Crippen molar-refractivity contribution in [3.05, 3.63) is 47.0 Å². The van der Waals surface area contributed by atoms with Gasteiger partial charge in [-0.15, -0.1) is 0 Å². The summed E-state index contributed by atoms with van der Waals surface area (Å²) in [5.74, 6) is 2.19. The predicted octanol–water partition coefficient (Wildman–Crippen LogP) is 3.55. The average Bonchev–Trinajstić information content (AvgIpc) is 2.71. The minimum Gasteiger partial charge on any atom is -0.365 e. The summed E-state index contributed by atoms with van der Waals surface area (Å²) in [4.78, 5) is 25.5. The van der Waals surface area contributed by atoms with E-state index in [0.29, 0.717) is 23.3 Å². The van der Waals surface area contributed by atoms with E-state index in [1.165, 1.54) is 30.5 Å². The van der Waals surface area contributed by atoms with Gasteiger partial charge in [-0.25, -0.2) is 9.97 Å². The van der Waals surface area contributed by atoms with Crippen LogP contribution in [0.4, 0.5) is 5.95 Å². The second kappa shape index (κ2) is 8.47. The van der Waals surface area contributed by atoms with E-state index in [1.807, 2.05) is 12.3 Å². The third-order valence-corrected chi connectivity index (χ3v) is 6.84. The van der Waals surface area contributed by atoms with Gasteiger partial charge in [0.1, 0.15) is 0 Å². The molecule has 0 aliphatic heterocycles. The molecule has 4 atom stereocenters. The van der Waals surface area contributed by atoms with Crippen LogP contribution in [0, 0.1) is 17.8 Å². The quantitative estimate of drug-likeness (QED) is 0.810. The van der Waals surface area contributed by atoms with Gasteiger partial charge >= 0.3 is 0 Å². The van der Waals surface area contributed by atoms with E-state index in [-0.39, 0.29) is 6.04 Å². The van der Waals surface area contributed by atoms with E-state index in [1.54, 1.807) is 6.20 Å². The molecule has 2 aliphatic carbocycles. The summed E-state index contributed by atoms with van der Waals surface area (Å²) in [6.45, 7) is 4.66. The maximum Gasteiger partial charge on any atom is 0.252 e. The molecular weight excluding hydrogens is 362 g/mol. The smallest absolute Gasteiger partial charge is 0.252 e. The van der Waals surface area contributed by atoms with Gasteiger partial charge in [0.05, 0.1) is 11.3 Å². The highest BCUT2D eigenvalue weighted by Crippen LogP contribution is 2.35. The lowest BCUT2D eigenvalue weighted by Gasteiger charge is -2.32. The predicted molar refractivity (Wildman–Crippen MR) is 114 cm³/mol. The molecule has 2 aromatic heterocycles. The van der Waals surface area contributed by atoms with Crippen LogP contribution in [-0.4, -0.2) is 26.9 Å². The van der Waals surface area contributed by atoms with E-state index >= 15 is 0 Å². The maximum atomic E-state index is 11.9. The van der Waals surface area contributed by atoms with Crippen LogP contribution in [0.15, 0.2) is 24.5 Å². The van der Waals surface area contributed by atoms with E-state index in [9.17, 15) is 4.79 Å². The fraction of sp³-hybridized carbons (Fsp3) is 0.565. The number of hydrogen-bond acceptors (Lipinski definition) is 5. The van der Waals surface area contributed by atoms with Gasteiger partial charge in [-0.2, -0.15) is 0 Å². The fourth-order valence-electron chi connectivity index (χ4n) is 4.83. The van der Waals surface area contributed by atoms with Gasteiger partial charge < -0.3 is 11.1 Å². The number of carbonyl (C=O) groups excluding carboxylic acids is 1. The molecule has 0 unspecified atom stereocenters. The summed E-state index contributed by atoms with van der Waals surface area (Å²) in [6, 6.07) is 4.41. The molecule has 154 valence electrons. The molecule has 6 heteroatoms. The number of nitrogens with zero attached hydrogens (tertiary/aromatic N) is 3. The van der Waals surface area contributed by atoms with Crippen molar-refractivity contribution < 1.29 is 4.79 Å². The third kappa shape index (κ3) is 4.57. The number of rotatable bonds is 5. The highest BCUT2D eigenvalue weighted by atomic mass is 16.1. The molecular formula is C23H31N5O. The molecule has 0 aromatic carbocycles. The van der Waals surface area contributed by atoms with Crippen LogP contribution in [0.2, 0.25) is 0 Å². The molecule has 1 fully saturated rings. The normalized spacial score (nSPS) is 26.6. The first-order chi connectivity index (χ1) is 14.0. The Kier molecular flexibility index (Phi) is 5.79. The number of amides is 1. The second-order valence-electron chi connectivity index (χ2n) is 8.95. The first-order valence-electron chi connectivity index (χ1n) is 10.8. The van der Waals surface area contributed by atoms with E-state index in [0.717, 1.165) is 37.3 Å². The van der Waals surface area contributed by atoms with Crippen molar-refractivity contribution in [1.29, 1.82) is 0 Å². The molecule has 4 rings (SSSR count). The van der Waals surface area contributed by atoms with Crippen LogP contribution < -0.4 is 11.1 Å². The maximum absolute atomic E-state index is 11.9. The number of anilines is 1. The Morgan fingerprint density at radius 1 is 1.21 bits per heavy atom. The third-order valence-electron chi connectivity index (χ3n) is 6.84. The van der Waals surface area contributed by atoms with Gasteiger partial charge in [0.25, 0.3) is 5.91 Å². The van der Waals surface area contributed by atoms with E-state index in [4.69, 9.17) is 10.7 Å². The zero-order valence-corrected chi connectivity index (χ0v) is 17.4. The van der Waals surface area contributed by atoms with Crippen LogP contribution >= 0.6 is 0 Å². The summed E-state index contributed by atoms with van der Waals surface area (Å²) in [7, 11) is 0. The van der Waals surface area contributed by atoms with Gasteiger partial charge in [-0.3, -0.25) is 9.78 Å². The van der Waals surface area contributed by atoms with Crippen molar-refractivity contribution in [2.45, 2.75) is 64.8 Å². The van der Waals surface area contributed by atoms with Crippen LogP contribution in [0.3, 0.4) is 0 Å². The minimum absolute atomic E-state index is 0.273. The molecule has 1 saturated carbocycles. The Balaban J connectivity index is 1.49. The summed E-state index contributed by atoms with van der Waals surface area (Å²) < 4.78 is 0. The molecule has 0 saturated heterocycles. The van der Waals surface area contributed by atoms with Crippen LogP contribution in [-0.2, 0) is 19.3 Å². The number of nitrogens with one attached hydrogen (secondary N) is 1. The van der Waals surface area contributed by atoms with Gasteiger partial charge in [0.2, 0.25) is 5.95 Å². The monoisotopic (exact) mass is 393 g/mol. The highest BCUT2D eigenvalue weighted by molar-refractivity contribution is 5.93. The highest BCUT2D eigenvalue weighted by Gasteiger charge is 2.27. The second-order valence-corrected chi connectivity index (χ2v) is 8.95. The number of aryl methyl sites for hydroxylation is 1. The van der Waals surface area contributed by atoms with E-state index < -0.39 is 5.91 Å². The molecule has 0 spiro atoms. The van der Waals surface area contributed by atoms with Gasteiger partial charge in [-0.05, 0) is 67.9 Å². The lowest BCUT2D eigenvalue weighted by molar-refractivity contribution is 0.0998. The number of carbonyl (C=O) groups is 1. The van der Waals surface area contributed by atoms with E-state index in [2.05, 4.69) is 35.2 Å². The molecule has 0 radical (unpaired) electrons. The Morgan fingerprint density at radius 3 is 2.86 bits per heavy atom. The Morgan fingerprint density at radius 2 is 2.07 bits per heavy atom. The molecule has 0 bridgehead atoms. The number of nitrogens with two attached hydrogens (primary N) is 1.